The number of hydrogen-bond donors (Lipinski definition) is 0. The van der Waals surface area contributed by atoms with Crippen molar-refractivity contribution in [1.29, 1.82) is 0 Å². The molecule has 0 atom stereocenters. The summed E-state index contributed by atoms with van der Waals surface area (Å²) in [5.74, 6) is -0.887. The standard InChI is InChI=1S/C29H27ClF2/c1-2-3-4-5-20-6-8-21(9-7-20)10-11-22-12-15-25-23(18-22)13-16-26(29(25)32)24-14-17-27(30)28(31)19-24/h6-9,12-19H,2-5,10-11H2,1H3. The van der Waals surface area contributed by atoms with Crippen molar-refractivity contribution >= 4 is 22.4 Å². The van der Waals surface area contributed by atoms with Crippen molar-refractivity contribution in [3.63, 3.8) is 0 Å². The van der Waals surface area contributed by atoms with Crippen LogP contribution in [-0.2, 0) is 19.3 Å². The van der Waals surface area contributed by atoms with E-state index in [1.165, 1.54) is 48.1 Å². The van der Waals surface area contributed by atoms with Gasteiger partial charge in [0.2, 0.25) is 0 Å². The number of hydrogen-bond acceptors (Lipinski definition) is 0. The average Bonchev–Trinajstić information content (AvgIpc) is 2.81. The fourth-order valence-corrected chi connectivity index (χ4v) is 4.24. The average molecular weight is 449 g/mol. The Bertz CT molecular complexity index is 1210. The minimum Gasteiger partial charge on any atom is -0.206 e. The fraction of sp³-hybridized carbons (Fsp3) is 0.241. The highest BCUT2D eigenvalue weighted by Crippen LogP contribution is 2.31. The SMILES string of the molecule is CCCCCc1ccc(CCc2ccc3c(F)c(-c4ccc(Cl)c(F)c4)ccc3c2)cc1. The summed E-state index contributed by atoms with van der Waals surface area (Å²) in [5.41, 5.74) is 4.75. The molecule has 164 valence electrons. The second-order valence-corrected chi connectivity index (χ2v) is 8.79. The van der Waals surface area contributed by atoms with Gasteiger partial charge < -0.3 is 0 Å². The van der Waals surface area contributed by atoms with Crippen molar-refractivity contribution in [3.05, 3.63) is 106 Å². The van der Waals surface area contributed by atoms with Crippen molar-refractivity contribution in [2.75, 3.05) is 0 Å². The summed E-state index contributed by atoms with van der Waals surface area (Å²) in [6.07, 6.45) is 6.77. The van der Waals surface area contributed by atoms with E-state index in [-0.39, 0.29) is 10.8 Å². The van der Waals surface area contributed by atoms with Crippen LogP contribution in [0.1, 0.15) is 42.9 Å². The minimum absolute atomic E-state index is 0.0331. The van der Waals surface area contributed by atoms with Gasteiger partial charge in [0.15, 0.2) is 0 Å². The van der Waals surface area contributed by atoms with Gasteiger partial charge >= 0.3 is 0 Å². The van der Waals surface area contributed by atoms with Crippen LogP contribution in [0.25, 0.3) is 21.9 Å². The zero-order valence-corrected chi connectivity index (χ0v) is 19.1. The van der Waals surface area contributed by atoms with Crippen molar-refractivity contribution < 1.29 is 8.78 Å². The number of fused-ring (bicyclic) bond motifs is 1. The highest BCUT2D eigenvalue weighted by molar-refractivity contribution is 6.30. The van der Waals surface area contributed by atoms with Crippen LogP contribution in [0.15, 0.2) is 72.8 Å². The monoisotopic (exact) mass is 448 g/mol. The van der Waals surface area contributed by atoms with Crippen molar-refractivity contribution in [2.45, 2.75) is 45.4 Å². The highest BCUT2D eigenvalue weighted by atomic mass is 35.5. The summed E-state index contributed by atoms with van der Waals surface area (Å²) in [7, 11) is 0. The number of aryl methyl sites for hydroxylation is 3. The molecule has 0 fully saturated rings. The third-order valence-electron chi connectivity index (χ3n) is 6.04. The van der Waals surface area contributed by atoms with Crippen LogP contribution in [0, 0.1) is 11.6 Å². The Balaban J connectivity index is 1.47. The summed E-state index contributed by atoms with van der Waals surface area (Å²) in [6.45, 7) is 2.23. The third-order valence-corrected chi connectivity index (χ3v) is 6.35. The molecule has 0 aromatic heterocycles. The van der Waals surface area contributed by atoms with Crippen molar-refractivity contribution in [2.24, 2.45) is 0 Å². The molecule has 0 amide bonds. The number of unbranched alkanes of at least 4 members (excludes halogenated alkanes) is 2. The molecule has 0 unspecified atom stereocenters. The molecule has 0 aliphatic rings. The Morgan fingerprint density at radius 1 is 0.688 bits per heavy atom. The van der Waals surface area contributed by atoms with Crippen LogP contribution < -0.4 is 0 Å². The first-order valence-corrected chi connectivity index (χ1v) is 11.7. The maximum atomic E-state index is 15.2. The maximum absolute atomic E-state index is 15.2. The molecule has 0 nitrogen and oxygen atoms in total. The van der Waals surface area contributed by atoms with Gasteiger partial charge in [-0.1, -0.05) is 92.0 Å². The Morgan fingerprint density at radius 3 is 2.09 bits per heavy atom. The molecule has 4 rings (SSSR count). The van der Waals surface area contributed by atoms with E-state index in [1.807, 2.05) is 24.3 Å². The van der Waals surface area contributed by atoms with E-state index in [9.17, 15) is 4.39 Å². The smallest absolute Gasteiger partial charge is 0.142 e. The zero-order chi connectivity index (χ0) is 22.5. The first-order valence-electron chi connectivity index (χ1n) is 11.3. The van der Waals surface area contributed by atoms with Crippen LogP contribution in [0.2, 0.25) is 5.02 Å². The summed E-state index contributed by atoms with van der Waals surface area (Å²) in [5, 5.41) is 1.42. The highest BCUT2D eigenvalue weighted by Gasteiger charge is 2.12. The van der Waals surface area contributed by atoms with Crippen molar-refractivity contribution in [1.82, 2.24) is 0 Å². The van der Waals surface area contributed by atoms with E-state index < -0.39 is 5.82 Å². The van der Waals surface area contributed by atoms with Crippen LogP contribution in [0.4, 0.5) is 8.78 Å². The Hall–Kier alpha value is -2.71. The van der Waals surface area contributed by atoms with Crippen LogP contribution >= 0.6 is 11.6 Å². The summed E-state index contributed by atoms with van der Waals surface area (Å²) < 4.78 is 29.0. The Kier molecular flexibility index (Phi) is 7.22. The largest absolute Gasteiger partial charge is 0.206 e. The first-order chi connectivity index (χ1) is 15.5. The molecular formula is C29H27ClF2. The third kappa shape index (κ3) is 5.19. The number of halogens is 3. The van der Waals surface area contributed by atoms with E-state index in [0.717, 1.165) is 24.6 Å². The van der Waals surface area contributed by atoms with E-state index in [0.29, 0.717) is 16.5 Å². The lowest BCUT2D eigenvalue weighted by Gasteiger charge is -2.10. The van der Waals surface area contributed by atoms with Crippen LogP contribution in [-0.4, -0.2) is 0 Å². The Morgan fingerprint density at radius 2 is 1.38 bits per heavy atom. The normalized spacial score (nSPS) is 11.2. The summed E-state index contributed by atoms with van der Waals surface area (Å²) in [6, 6.07) is 22.7. The lowest BCUT2D eigenvalue weighted by atomic mass is 9.97. The summed E-state index contributed by atoms with van der Waals surface area (Å²) in [4.78, 5) is 0. The molecule has 0 saturated carbocycles. The first kappa shape index (κ1) is 22.5. The van der Waals surface area contributed by atoms with Gasteiger partial charge in [-0.15, -0.1) is 0 Å². The van der Waals surface area contributed by atoms with E-state index in [4.69, 9.17) is 11.6 Å². The predicted molar refractivity (Wildman–Crippen MR) is 131 cm³/mol. The van der Waals surface area contributed by atoms with Gasteiger partial charge in [-0.3, -0.25) is 0 Å². The van der Waals surface area contributed by atoms with Gasteiger partial charge in [0.1, 0.15) is 11.6 Å². The molecule has 0 aliphatic carbocycles. The van der Waals surface area contributed by atoms with Gasteiger partial charge in [-0.05, 0) is 65.5 Å². The van der Waals surface area contributed by atoms with Gasteiger partial charge in [-0.25, -0.2) is 8.78 Å². The lowest BCUT2D eigenvalue weighted by molar-refractivity contribution is 0.627. The predicted octanol–water partition coefficient (Wildman–Crippen LogP) is 8.96. The molecule has 0 heterocycles. The van der Waals surface area contributed by atoms with Crippen LogP contribution in [0.5, 0.6) is 0 Å². The molecule has 0 radical (unpaired) electrons. The van der Waals surface area contributed by atoms with Gasteiger partial charge in [-0.2, -0.15) is 0 Å². The molecule has 0 aliphatic heterocycles. The maximum Gasteiger partial charge on any atom is 0.142 e. The van der Waals surface area contributed by atoms with Gasteiger partial charge in [0, 0.05) is 10.9 Å². The fourth-order valence-electron chi connectivity index (χ4n) is 4.12. The van der Waals surface area contributed by atoms with Crippen LogP contribution in [0.3, 0.4) is 0 Å². The second kappa shape index (κ2) is 10.3. The minimum atomic E-state index is -0.548. The molecule has 4 aromatic rings. The quantitative estimate of drug-likeness (QED) is 0.236. The molecule has 0 saturated heterocycles. The van der Waals surface area contributed by atoms with E-state index >= 15 is 4.39 Å². The molecule has 3 heteroatoms. The molecule has 4 aromatic carbocycles. The lowest BCUT2D eigenvalue weighted by Crippen LogP contribution is -1.94. The van der Waals surface area contributed by atoms with E-state index in [2.05, 4.69) is 31.2 Å². The second-order valence-electron chi connectivity index (χ2n) is 8.39. The van der Waals surface area contributed by atoms with Crippen molar-refractivity contribution in [3.8, 4) is 11.1 Å². The van der Waals surface area contributed by atoms with Gasteiger partial charge in [0.25, 0.3) is 0 Å². The molecule has 0 bridgehead atoms. The Labute approximate surface area is 193 Å². The molecule has 32 heavy (non-hydrogen) atoms. The number of rotatable bonds is 8. The van der Waals surface area contributed by atoms with E-state index in [1.54, 1.807) is 12.1 Å². The zero-order valence-electron chi connectivity index (χ0n) is 18.3. The van der Waals surface area contributed by atoms with Gasteiger partial charge in [0.05, 0.1) is 5.02 Å². The summed E-state index contributed by atoms with van der Waals surface area (Å²) >= 11 is 5.76. The molecule has 0 spiro atoms. The molecule has 0 N–H and O–H groups in total. The topological polar surface area (TPSA) is 0 Å². The molecular weight excluding hydrogens is 422 g/mol. The number of benzene rings is 4.